The summed E-state index contributed by atoms with van der Waals surface area (Å²) < 4.78 is 1.27. The van der Waals surface area contributed by atoms with Gasteiger partial charge in [0, 0.05) is 3.57 Å². The third-order valence-electron chi connectivity index (χ3n) is 3.72. The zero-order chi connectivity index (χ0) is 14.7. The van der Waals surface area contributed by atoms with E-state index in [-0.39, 0.29) is 6.04 Å². The van der Waals surface area contributed by atoms with E-state index < -0.39 is 0 Å². The van der Waals surface area contributed by atoms with Crippen molar-refractivity contribution in [1.29, 1.82) is 0 Å². The maximum Gasteiger partial charge on any atom is 0.0576 e. The van der Waals surface area contributed by atoms with E-state index in [1.54, 1.807) is 0 Å². The molecular formula is C19H18IN. The second kappa shape index (κ2) is 6.58. The first-order valence-corrected chi connectivity index (χ1v) is 8.33. The standard InChI is InChI=1S/C19H18IN/c1-2-21-19(15-9-11-18(20)12-10-15)17-8-7-14-5-3-4-6-16(14)13-17/h3-13,19,21H,2H2,1H3. The van der Waals surface area contributed by atoms with Crippen molar-refractivity contribution in [2.24, 2.45) is 0 Å². The van der Waals surface area contributed by atoms with Crippen LogP contribution in [0.25, 0.3) is 10.8 Å². The second-order valence-electron chi connectivity index (χ2n) is 5.15. The van der Waals surface area contributed by atoms with Gasteiger partial charge < -0.3 is 5.32 Å². The van der Waals surface area contributed by atoms with Gasteiger partial charge in [-0.05, 0) is 69.2 Å². The molecule has 0 amide bonds. The SMILES string of the molecule is CCNC(c1ccc(I)cc1)c1ccc2ccccc2c1. The zero-order valence-electron chi connectivity index (χ0n) is 12.0. The molecule has 0 saturated heterocycles. The van der Waals surface area contributed by atoms with Crippen molar-refractivity contribution >= 4 is 33.4 Å². The van der Waals surface area contributed by atoms with Crippen LogP contribution < -0.4 is 5.32 Å². The quantitative estimate of drug-likeness (QED) is 0.611. The van der Waals surface area contributed by atoms with Crippen molar-refractivity contribution in [1.82, 2.24) is 5.32 Å². The molecule has 21 heavy (non-hydrogen) atoms. The predicted molar refractivity (Wildman–Crippen MR) is 98.6 cm³/mol. The summed E-state index contributed by atoms with van der Waals surface area (Å²) in [7, 11) is 0. The van der Waals surface area contributed by atoms with Crippen LogP contribution in [-0.4, -0.2) is 6.54 Å². The summed E-state index contributed by atoms with van der Waals surface area (Å²) >= 11 is 2.35. The largest absolute Gasteiger partial charge is 0.307 e. The minimum Gasteiger partial charge on any atom is -0.307 e. The molecule has 0 aliphatic carbocycles. The average molecular weight is 387 g/mol. The van der Waals surface area contributed by atoms with Gasteiger partial charge in [-0.25, -0.2) is 0 Å². The van der Waals surface area contributed by atoms with Crippen molar-refractivity contribution in [2.75, 3.05) is 6.54 Å². The van der Waals surface area contributed by atoms with Crippen LogP contribution >= 0.6 is 22.6 Å². The maximum absolute atomic E-state index is 3.60. The van der Waals surface area contributed by atoms with Gasteiger partial charge in [-0.2, -0.15) is 0 Å². The molecule has 0 aliphatic rings. The Morgan fingerprint density at radius 3 is 2.24 bits per heavy atom. The van der Waals surface area contributed by atoms with E-state index in [4.69, 9.17) is 0 Å². The first-order valence-electron chi connectivity index (χ1n) is 7.25. The lowest BCUT2D eigenvalue weighted by Crippen LogP contribution is -2.21. The number of hydrogen-bond acceptors (Lipinski definition) is 1. The highest BCUT2D eigenvalue weighted by atomic mass is 127. The molecule has 0 spiro atoms. The molecule has 3 aromatic rings. The molecule has 1 nitrogen and oxygen atoms in total. The lowest BCUT2D eigenvalue weighted by molar-refractivity contribution is 0.631. The number of rotatable bonds is 4. The van der Waals surface area contributed by atoms with Gasteiger partial charge in [0.25, 0.3) is 0 Å². The monoisotopic (exact) mass is 387 g/mol. The summed E-state index contributed by atoms with van der Waals surface area (Å²) in [5, 5.41) is 6.18. The van der Waals surface area contributed by atoms with Gasteiger partial charge in [-0.3, -0.25) is 0 Å². The molecule has 0 radical (unpaired) electrons. The predicted octanol–water partition coefficient (Wildman–Crippen LogP) is 5.14. The Balaban J connectivity index is 2.04. The molecule has 0 bridgehead atoms. The van der Waals surface area contributed by atoms with Crippen LogP contribution in [0.5, 0.6) is 0 Å². The highest BCUT2D eigenvalue weighted by Gasteiger charge is 2.13. The highest BCUT2D eigenvalue weighted by molar-refractivity contribution is 14.1. The van der Waals surface area contributed by atoms with Crippen LogP contribution in [0, 0.1) is 3.57 Å². The Labute approximate surface area is 139 Å². The Morgan fingerprint density at radius 2 is 1.52 bits per heavy atom. The van der Waals surface area contributed by atoms with Gasteiger partial charge in [-0.15, -0.1) is 0 Å². The lowest BCUT2D eigenvalue weighted by atomic mass is 9.96. The second-order valence-corrected chi connectivity index (χ2v) is 6.39. The van der Waals surface area contributed by atoms with E-state index in [9.17, 15) is 0 Å². The van der Waals surface area contributed by atoms with E-state index in [0.717, 1.165) is 6.54 Å². The Morgan fingerprint density at radius 1 is 0.857 bits per heavy atom. The smallest absolute Gasteiger partial charge is 0.0576 e. The van der Waals surface area contributed by atoms with Crippen LogP contribution in [0.3, 0.4) is 0 Å². The first-order chi connectivity index (χ1) is 10.3. The molecule has 0 fully saturated rings. The van der Waals surface area contributed by atoms with Crippen molar-refractivity contribution in [3.05, 3.63) is 81.4 Å². The summed E-state index contributed by atoms with van der Waals surface area (Å²) in [6.45, 7) is 3.10. The van der Waals surface area contributed by atoms with Crippen molar-refractivity contribution in [3.8, 4) is 0 Å². The molecule has 3 aromatic carbocycles. The summed E-state index contributed by atoms with van der Waals surface area (Å²) in [5.41, 5.74) is 2.63. The topological polar surface area (TPSA) is 12.0 Å². The third kappa shape index (κ3) is 3.27. The fourth-order valence-corrected chi connectivity index (χ4v) is 3.03. The summed E-state index contributed by atoms with van der Waals surface area (Å²) in [4.78, 5) is 0. The summed E-state index contributed by atoms with van der Waals surface area (Å²) in [6, 6.07) is 24.3. The third-order valence-corrected chi connectivity index (χ3v) is 4.44. The molecule has 0 aliphatic heterocycles. The van der Waals surface area contributed by atoms with E-state index >= 15 is 0 Å². The molecule has 2 heteroatoms. The van der Waals surface area contributed by atoms with Gasteiger partial charge in [0.15, 0.2) is 0 Å². The van der Waals surface area contributed by atoms with Crippen LogP contribution in [0.15, 0.2) is 66.7 Å². The van der Waals surface area contributed by atoms with E-state index in [1.165, 1.54) is 25.5 Å². The lowest BCUT2D eigenvalue weighted by Gasteiger charge is -2.19. The van der Waals surface area contributed by atoms with Crippen LogP contribution in [0.1, 0.15) is 24.1 Å². The van der Waals surface area contributed by atoms with Gasteiger partial charge >= 0.3 is 0 Å². The molecule has 3 rings (SSSR count). The van der Waals surface area contributed by atoms with E-state index in [0.29, 0.717) is 0 Å². The summed E-state index contributed by atoms with van der Waals surface area (Å²) in [6.07, 6.45) is 0. The molecular weight excluding hydrogens is 369 g/mol. The fraction of sp³-hybridized carbons (Fsp3) is 0.158. The van der Waals surface area contributed by atoms with Crippen molar-refractivity contribution in [2.45, 2.75) is 13.0 Å². The molecule has 1 N–H and O–H groups in total. The minimum atomic E-state index is 0.247. The zero-order valence-corrected chi connectivity index (χ0v) is 14.2. The number of halogens is 1. The van der Waals surface area contributed by atoms with Gasteiger partial charge in [0.2, 0.25) is 0 Å². The molecule has 1 unspecified atom stereocenters. The van der Waals surface area contributed by atoms with Gasteiger partial charge in [0.1, 0.15) is 0 Å². The van der Waals surface area contributed by atoms with Crippen LogP contribution in [0.2, 0.25) is 0 Å². The highest BCUT2D eigenvalue weighted by Crippen LogP contribution is 2.26. The normalized spacial score (nSPS) is 12.5. The van der Waals surface area contributed by atoms with Crippen LogP contribution in [-0.2, 0) is 0 Å². The molecule has 0 heterocycles. The van der Waals surface area contributed by atoms with Crippen LogP contribution in [0.4, 0.5) is 0 Å². The molecule has 0 saturated carbocycles. The molecule has 0 aromatic heterocycles. The van der Waals surface area contributed by atoms with Gasteiger partial charge in [-0.1, -0.05) is 55.5 Å². The Bertz CT molecular complexity index is 734. The Hall–Kier alpha value is -1.39. The number of nitrogens with one attached hydrogen (secondary N) is 1. The maximum atomic E-state index is 3.60. The van der Waals surface area contributed by atoms with Crippen molar-refractivity contribution < 1.29 is 0 Å². The van der Waals surface area contributed by atoms with E-state index in [2.05, 4.69) is 102 Å². The minimum absolute atomic E-state index is 0.247. The number of fused-ring (bicyclic) bond motifs is 1. The number of hydrogen-bond donors (Lipinski definition) is 1. The Kier molecular flexibility index (Phi) is 4.56. The average Bonchev–Trinajstić information content (AvgIpc) is 2.53. The van der Waals surface area contributed by atoms with Crippen molar-refractivity contribution in [3.63, 3.8) is 0 Å². The molecule has 1 atom stereocenters. The molecule has 106 valence electrons. The first kappa shape index (κ1) is 14.5. The summed E-state index contributed by atoms with van der Waals surface area (Å²) in [5.74, 6) is 0. The fourth-order valence-electron chi connectivity index (χ4n) is 2.67. The number of benzene rings is 3. The van der Waals surface area contributed by atoms with E-state index in [1.807, 2.05) is 0 Å². The van der Waals surface area contributed by atoms with Gasteiger partial charge in [0.05, 0.1) is 6.04 Å².